The van der Waals surface area contributed by atoms with Gasteiger partial charge in [0.05, 0.1) is 13.4 Å². The molecule has 0 saturated carbocycles. The predicted octanol–water partition coefficient (Wildman–Crippen LogP) is 2.95. The lowest BCUT2D eigenvalue weighted by atomic mass is 10.0. The number of nitrogens with zero attached hydrogens (tertiary/aromatic N) is 1. The lowest BCUT2D eigenvalue weighted by molar-refractivity contribution is 0.240. The molecule has 0 spiro atoms. The molecule has 0 atom stereocenters. The van der Waals surface area contributed by atoms with Gasteiger partial charge >= 0.3 is 0 Å². The van der Waals surface area contributed by atoms with Gasteiger partial charge in [-0.3, -0.25) is 4.90 Å². The minimum absolute atomic E-state index is 0.153. The fourth-order valence-electron chi connectivity index (χ4n) is 2.18. The number of piperidine rings is 1. The molecule has 1 aromatic carbocycles. The number of rotatable bonds is 3. The van der Waals surface area contributed by atoms with Gasteiger partial charge in [0, 0.05) is 19.6 Å². The molecule has 2 nitrogen and oxygen atoms in total. The molecule has 17 heavy (non-hydrogen) atoms. The maximum absolute atomic E-state index is 13.0. The Bertz CT molecular complexity index is 393. The molecule has 1 aliphatic rings. The van der Waals surface area contributed by atoms with Crippen molar-refractivity contribution in [2.45, 2.75) is 19.4 Å². The van der Waals surface area contributed by atoms with E-state index >= 15 is 0 Å². The fraction of sp³-hybridized carbons (Fsp3) is 0.429. The van der Waals surface area contributed by atoms with Crippen LogP contribution in [0.1, 0.15) is 18.4 Å². The first kappa shape index (κ1) is 12.1. The van der Waals surface area contributed by atoms with Gasteiger partial charge < -0.3 is 4.74 Å². The first-order valence-corrected chi connectivity index (χ1v) is 5.95. The normalized spacial score (nSPS) is 16.9. The van der Waals surface area contributed by atoms with Crippen molar-refractivity contribution in [1.82, 2.24) is 4.90 Å². The number of ether oxygens (including phenoxy) is 1. The Hall–Kier alpha value is -1.35. The summed E-state index contributed by atoms with van der Waals surface area (Å²) in [4.78, 5) is 2.35. The molecule has 92 valence electrons. The number of hydrogen-bond donors (Lipinski definition) is 0. The summed E-state index contributed by atoms with van der Waals surface area (Å²) in [6.45, 7) is 2.87. The van der Waals surface area contributed by atoms with Crippen LogP contribution in [0, 0.1) is 5.82 Å². The average Bonchev–Trinajstić information content (AvgIpc) is 2.32. The van der Waals surface area contributed by atoms with Gasteiger partial charge in [0.2, 0.25) is 0 Å². The lowest BCUT2D eigenvalue weighted by Crippen LogP contribution is -2.30. The summed E-state index contributed by atoms with van der Waals surface area (Å²) >= 11 is 0. The number of halogens is 1. The molecule has 3 heteroatoms. The van der Waals surface area contributed by atoms with Crippen molar-refractivity contribution in [3.05, 3.63) is 47.5 Å². The Kier molecular flexibility index (Phi) is 4.15. The van der Waals surface area contributed by atoms with E-state index in [1.165, 1.54) is 11.6 Å². The van der Waals surface area contributed by atoms with E-state index in [-0.39, 0.29) is 5.82 Å². The van der Waals surface area contributed by atoms with Gasteiger partial charge in [-0.25, -0.2) is 4.39 Å². The van der Waals surface area contributed by atoms with Gasteiger partial charge in [-0.15, -0.1) is 0 Å². The maximum Gasteiger partial charge on any atom is 0.123 e. The van der Waals surface area contributed by atoms with Crippen LogP contribution in [0.15, 0.2) is 36.1 Å². The number of methoxy groups -OCH3 is 1. The molecule has 0 aliphatic carbocycles. The van der Waals surface area contributed by atoms with Gasteiger partial charge in [-0.1, -0.05) is 12.1 Å². The van der Waals surface area contributed by atoms with Crippen molar-refractivity contribution in [1.29, 1.82) is 0 Å². The lowest BCUT2D eigenvalue weighted by Gasteiger charge is -2.28. The average molecular weight is 235 g/mol. The number of likely N-dealkylation sites (tertiary alicyclic amines) is 1. The highest BCUT2D eigenvalue weighted by molar-refractivity contribution is 5.16. The first-order valence-electron chi connectivity index (χ1n) is 5.95. The molecule has 0 aromatic heterocycles. The summed E-state index contributed by atoms with van der Waals surface area (Å²) in [6.07, 6.45) is 3.94. The van der Waals surface area contributed by atoms with Crippen LogP contribution in [0.5, 0.6) is 0 Å². The highest BCUT2D eigenvalue weighted by atomic mass is 19.1. The van der Waals surface area contributed by atoms with E-state index in [0.717, 1.165) is 38.0 Å². The topological polar surface area (TPSA) is 12.5 Å². The minimum atomic E-state index is -0.153. The molecule has 0 radical (unpaired) electrons. The van der Waals surface area contributed by atoms with Crippen LogP contribution in [-0.2, 0) is 11.3 Å². The third-order valence-electron chi connectivity index (χ3n) is 3.08. The fourth-order valence-corrected chi connectivity index (χ4v) is 2.18. The molecule has 0 unspecified atom stereocenters. The zero-order valence-corrected chi connectivity index (χ0v) is 10.2. The molecule has 1 aliphatic heterocycles. The van der Waals surface area contributed by atoms with Gasteiger partial charge in [-0.05, 0) is 36.1 Å². The molecule has 0 bridgehead atoms. The molecule has 1 aromatic rings. The van der Waals surface area contributed by atoms with Crippen LogP contribution in [0.4, 0.5) is 4.39 Å². The minimum Gasteiger partial charge on any atom is -0.504 e. The Labute approximate surface area is 102 Å². The highest BCUT2D eigenvalue weighted by Gasteiger charge is 2.14. The van der Waals surface area contributed by atoms with Gasteiger partial charge in [0.15, 0.2) is 0 Å². The zero-order chi connectivity index (χ0) is 12.1. The summed E-state index contributed by atoms with van der Waals surface area (Å²) in [5.74, 6) is -0.153. The molecule has 0 amide bonds. The van der Waals surface area contributed by atoms with Crippen molar-refractivity contribution in [3.63, 3.8) is 0 Å². The van der Waals surface area contributed by atoms with Crippen LogP contribution >= 0.6 is 0 Å². The molecule has 1 fully saturated rings. The van der Waals surface area contributed by atoms with E-state index in [4.69, 9.17) is 4.74 Å². The monoisotopic (exact) mass is 235 g/mol. The SMILES string of the molecule is COC=C1CCN(Cc2cccc(F)c2)CC1. The van der Waals surface area contributed by atoms with E-state index in [0.29, 0.717) is 0 Å². The summed E-state index contributed by atoms with van der Waals surface area (Å²) in [5.41, 5.74) is 2.41. The predicted molar refractivity (Wildman–Crippen MR) is 66.0 cm³/mol. The van der Waals surface area contributed by atoms with Gasteiger partial charge in [0.25, 0.3) is 0 Å². The van der Waals surface area contributed by atoms with Crippen molar-refractivity contribution in [2.24, 2.45) is 0 Å². The molecule has 2 rings (SSSR count). The highest BCUT2D eigenvalue weighted by Crippen LogP contribution is 2.18. The van der Waals surface area contributed by atoms with Crippen LogP contribution in [0.2, 0.25) is 0 Å². The Balaban J connectivity index is 1.88. The first-order chi connectivity index (χ1) is 8.28. The summed E-state index contributed by atoms with van der Waals surface area (Å²) in [7, 11) is 1.69. The van der Waals surface area contributed by atoms with Crippen molar-refractivity contribution in [2.75, 3.05) is 20.2 Å². The molecular weight excluding hydrogens is 217 g/mol. The second-order valence-electron chi connectivity index (χ2n) is 4.42. The number of benzene rings is 1. The number of hydrogen-bond acceptors (Lipinski definition) is 2. The van der Waals surface area contributed by atoms with E-state index in [1.54, 1.807) is 19.2 Å². The quantitative estimate of drug-likeness (QED) is 0.747. The van der Waals surface area contributed by atoms with E-state index in [1.807, 2.05) is 12.3 Å². The van der Waals surface area contributed by atoms with Crippen molar-refractivity contribution < 1.29 is 9.13 Å². The van der Waals surface area contributed by atoms with Gasteiger partial charge in [-0.2, -0.15) is 0 Å². The molecule has 1 heterocycles. The van der Waals surface area contributed by atoms with E-state index < -0.39 is 0 Å². The van der Waals surface area contributed by atoms with Crippen LogP contribution < -0.4 is 0 Å². The van der Waals surface area contributed by atoms with E-state index in [9.17, 15) is 4.39 Å². The maximum atomic E-state index is 13.0. The zero-order valence-electron chi connectivity index (χ0n) is 10.2. The third-order valence-corrected chi connectivity index (χ3v) is 3.08. The molecule has 0 N–H and O–H groups in total. The Morgan fingerprint density at radius 1 is 1.35 bits per heavy atom. The standard InChI is InChI=1S/C14H18FNO/c1-17-11-12-5-7-16(8-6-12)10-13-3-2-4-14(15)9-13/h2-4,9,11H,5-8,10H2,1H3. The molecular formula is C14H18FNO. The summed E-state index contributed by atoms with van der Waals surface area (Å²) < 4.78 is 18.1. The van der Waals surface area contributed by atoms with Crippen molar-refractivity contribution in [3.8, 4) is 0 Å². The largest absolute Gasteiger partial charge is 0.504 e. The van der Waals surface area contributed by atoms with E-state index in [2.05, 4.69) is 4.90 Å². The smallest absolute Gasteiger partial charge is 0.123 e. The van der Waals surface area contributed by atoms with Crippen molar-refractivity contribution >= 4 is 0 Å². The summed E-state index contributed by atoms with van der Waals surface area (Å²) in [5, 5.41) is 0. The Morgan fingerprint density at radius 2 is 2.12 bits per heavy atom. The molecule has 1 saturated heterocycles. The Morgan fingerprint density at radius 3 is 2.76 bits per heavy atom. The second kappa shape index (κ2) is 5.82. The van der Waals surface area contributed by atoms with Crippen LogP contribution in [-0.4, -0.2) is 25.1 Å². The third kappa shape index (κ3) is 3.56. The summed E-state index contributed by atoms with van der Waals surface area (Å²) in [6, 6.07) is 6.84. The second-order valence-corrected chi connectivity index (χ2v) is 4.42. The van der Waals surface area contributed by atoms with Crippen LogP contribution in [0.3, 0.4) is 0 Å². The van der Waals surface area contributed by atoms with Crippen LogP contribution in [0.25, 0.3) is 0 Å². The van der Waals surface area contributed by atoms with Gasteiger partial charge in [0.1, 0.15) is 5.82 Å².